The second-order valence-electron chi connectivity index (χ2n) is 5.10. The molecule has 0 amide bonds. The minimum absolute atomic E-state index is 0.0394. The molecule has 1 atom stereocenters. The van der Waals surface area contributed by atoms with E-state index in [1.807, 2.05) is 18.2 Å². The van der Waals surface area contributed by atoms with E-state index in [1.54, 1.807) is 25.4 Å². The third-order valence-corrected chi connectivity index (χ3v) is 3.81. The first-order chi connectivity index (χ1) is 10.6. The molecule has 1 aliphatic rings. The summed E-state index contributed by atoms with van der Waals surface area (Å²) >= 11 is 0. The minimum Gasteiger partial charge on any atom is -0.507 e. The van der Waals surface area contributed by atoms with Gasteiger partial charge in [-0.3, -0.25) is 9.36 Å². The summed E-state index contributed by atoms with van der Waals surface area (Å²) in [5.41, 5.74) is 0.514. The molecule has 0 saturated heterocycles. The zero-order valence-corrected chi connectivity index (χ0v) is 12.4. The smallest absolute Gasteiger partial charge is 0.266 e. The van der Waals surface area contributed by atoms with Crippen molar-refractivity contribution in [1.29, 1.82) is 0 Å². The highest BCUT2D eigenvalue weighted by Crippen LogP contribution is 2.28. The summed E-state index contributed by atoms with van der Waals surface area (Å²) in [7, 11) is 3.17. The SMILES string of the molecule is COc1cc(O)c2c(=O)n(C3=CCC(OC)C=C3)ccc2c1. The fraction of sp³-hybridized carbons (Fsp3) is 0.235. The highest BCUT2D eigenvalue weighted by atomic mass is 16.5. The quantitative estimate of drug-likeness (QED) is 0.946. The van der Waals surface area contributed by atoms with Crippen LogP contribution in [-0.2, 0) is 4.74 Å². The Labute approximate surface area is 127 Å². The van der Waals surface area contributed by atoms with Crippen molar-refractivity contribution in [2.24, 2.45) is 0 Å². The van der Waals surface area contributed by atoms with Crippen LogP contribution in [0.25, 0.3) is 16.5 Å². The molecule has 0 radical (unpaired) electrons. The fourth-order valence-electron chi connectivity index (χ4n) is 2.59. The van der Waals surface area contributed by atoms with E-state index >= 15 is 0 Å². The molecule has 0 bridgehead atoms. The van der Waals surface area contributed by atoms with Crippen LogP contribution in [-0.4, -0.2) is 30.0 Å². The highest BCUT2D eigenvalue weighted by Gasteiger charge is 2.13. The number of hydrogen-bond donors (Lipinski definition) is 1. The van der Waals surface area contributed by atoms with Crippen LogP contribution in [0.4, 0.5) is 0 Å². The number of pyridine rings is 1. The Bertz CT molecular complexity index is 832. The maximum Gasteiger partial charge on any atom is 0.266 e. The number of fused-ring (bicyclic) bond motifs is 1. The van der Waals surface area contributed by atoms with Crippen molar-refractivity contribution < 1.29 is 14.6 Å². The normalized spacial score (nSPS) is 17.5. The van der Waals surface area contributed by atoms with E-state index < -0.39 is 0 Å². The third kappa shape index (κ3) is 2.40. The molecule has 1 unspecified atom stereocenters. The molecule has 5 heteroatoms. The lowest BCUT2D eigenvalue weighted by Crippen LogP contribution is -2.20. The molecule has 5 nitrogen and oxygen atoms in total. The Balaban J connectivity index is 2.12. The molecule has 22 heavy (non-hydrogen) atoms. The third-order valence-electron chi connectivity index (χ3n) is 3.81. The zero-order chi connectivity index (χ0) is 15.7. The van der Waals surface area contributed by atoms with Crippen LogP contribution in [0.2, 0.25) is 0 Å². The molecule has 0 spiro atoms. The van der Waals surface area contributed by atoms with Crippen molar-refractivity contribution >= 4 is 16.5 Å². The Morgan fingerprint density at radius 1 is 1.32 bits per heavy atom. The number of aromatic hydroxyl groups is 1. The lowest BCUT2D eigenvalue weighted by molar-refractivity contribution is 0.143. The van der Waals surface area contributed by atoms with Gasteiger partial charge in [0.1, 0.15) is 11.5 Å². The summed E-state index contributed by atoms with van der Waals surface area (Å²) < 4.78 is 11.9. The molecular formula is C17H17NO4. The summed E-state index contributed by atoms with van der Waals surface area (Å²) in [6.45, 7) is 0. The number of ether oxygens (including phenoxy) is 2. The molecule has 1 heterocycles. The maximum atomic E-state index is 12.7. The van der Waals surface area contributed by atoms with Gasteiger partial charge in [-0.25, -0.2) is 0 Å². The van der Waals surface area contributed by atoms with Gasteiger partial charge in [0.25, 0.3) is 5.56 Å². The summed E-state index contributed by atoms with van der Waals surface area (Å²) in [5, 5.41) is 11.0. The molecule has 0 fully saturated rings. The van der Waals surface area contributed by atoms with E-state index in [0.717, 1.165) is 5.70 Å². The van der Waals surface area contributed by atoms with Gasteiger partial charge < -0.3 is 14.6 Å². The first-order valence-corrected chi connectivity index (χ1v) is 6.98. The highest BCUT2D eigenvalue weighted by molar-refractivity contribution is 5.89. The summed E-state index contributed by atoms with van der Waals surface area (Å²) in [6, 6.07) is 4.96. The lowest BCUT2D eigenvalue weighted by atomic mass is 10.1. The number of phenols is 1. The molecule has 0 saturated carbocycles. The molecule has 2 aromatic rings. The Hall–Kier alpha value is -2.53. The van der Waals surface area contributed by atoms with Crippen LogP contribution < -0.4 is 10.3 Å². The van der Waals surface area contributed by atoms with Gasteiger partial charge in [-0.2, -0.15) is 0 Å². The van der Waals surface area contributed by atoms with Gasteiger partial charge in [0, 0.05) is 25.1 Å². The van der Waals surface area contributed by atoms with Crippen LogP contribution >= 0.6 is 0 Å². The number of aromatic nitrogens is 1. The monoisotopic (exact) mass is 299 g/mol. The second-order valence-corrected chi connectivity index (χ2v) is 5.10. The number of phenolic OH excluding ortho intramolecular Hbond substituents is 1. The van der Waals surface area contributed by atoms with Crippen molar-refractivity contribution in [3.63, 3.8) is 0 Å². The van der Waals surface area contributed by atoms with Crippen LogP contribution in [0.1, 0.15) is 6.42 Å². The van der Waals surface area contributed by atoms with Crippen LogP contribution in [0.5, 0.6) is 11.5 Å². The van der Waals surface area contributed by atoms with Gasteiger partial charge in [-0.05, 0) is 30.0 Å². The van der Waals surface area contributed by atoms with Gasteiger partial charge >= 0.3 is 0 Å². The zero-order valence-electron chi connectivity index (χ0n) is 12.4. The van der Waals surface area contributed by atoms with E-state index in [0.29, 0.717) is 17.6 Å². The van der Waals surface area contributed by atoms with Crippen molar-refractivity contribution in [2.75, 3.05) is 14.2 Å². The van der Waals surface area contributed by atoms with Crippen molar-refractivity contribution in [1.82, 2.24) is 4.57 Å². The molecular weight excluding hydrogens is 282 g/mol. The lowest BCUT2D eigenvalue weighted by Gasteiger charge is -2.16. The predicted molar refractivity (Wildman–Crippen MR) is 85.3 cm³/mol. The average Bonchev–Trinajstić information content (AvgIpc) is 2.55. The van der Waals surface area contributed by atoms with Crippen molar-refractivity contribution in [2.45, 2.75) is 12.5 Å². The fourth-order valence-corrected chi connectivity index (χ4v) is 2.59. The Morgan fingerprint density at radius 3 is 2.77 bits per heavy atom. The Morgan fingerprint density at radius 2 is 2.14 bits per heavy atom. The second kappa shape index (κ2) is 5.69. The van der Waals surface area contributed by atoms with E-state index in [1.165, 1.54) is 17.7 Å². The summed E-state index contributed by atoms with van der Waals surface area (Å²) in [4.78, 5) is 12.7. The molecule has 1 aromatic heterocycles. The molecule has 1 aliphatic carbocycles. The largest absolute Gasteiger partial charge is 0.507 e. The van der Waals surface area contributed by atoms with E-state index in [9.17, 15) is 9.90 Å². The number of rotatable bonds is 3. The summed E-state index contributed by atoms with van der Waals surface area (Å²) in [5.74, 6) is 0.436. The van der Waals surface area contributed by atoms with E-state index in [-0.39, 0.29) is 22.8 Å². The number of hydrogen-bond acceptors (Lipinski definition) is 4. The standard InChI is InChI=1S/C17H17NO4/c1-21-13-5-3-12(4-6-13)18-8-7-11-9-14(22-2)10-15(19)16(11)17(18)20/h3-5,7-10,13,19H,6H2,1-2H3. The van der Waals surface area contributed by atoms with Gasteiger partial charge in [0.2, 0.25) is 0 Å². The van der Waals surface area contributed by atoms with Gasteiger partial charge in [0.05, 0.1) is 18.6 Å². The van der Waals surface area contributed by atoms with Crippen LogP contribution in [0, 0.1) is 0 Å². The van der Waals surface area contributed by atoms with Crippen LogP contribution in [0.15, 0.2) is 47.4 Å². The average molecular weight is 299 g/mol. The number of methoxy groups -OCH3 is 2. The molecule has 0 aliphatic heterocycles. The van der Waals surface area contributed by atoms with E-state index in [4.69, 9.17) is 9.47 Å². The maximum absolute atomic E-state index is 12.7. The molecule has 3 rings (SSSR count). The number of allylic oxidation sites excluding steroid dienone is 2. The van der Waals surface area contributed by atoms with Crippen LogP contribution in [0.3, 0.4) is 0 Å². The number of benzene rings is 1. The number of nitrogens with zero attached hydrogens (tertiary/aromatic N) is 1. The first-order valence-electron chi connectivity index (χ1n) is 6.98. The molecule has 1 N–H and O–H groups in total. The first kappa shape index (κ1) is 14.4. The topological polar surface area (TPSA) is 60.7 Å². The van der Waals surface area contributed by atoms with Gasteiger partial charge in [0.15, 0.2) is 0 Å². The van der Waals surface area contributed by atoms with E-state index in [2.05, 4.69) is 0 Å². The molecule has 114 valence electrons. The van der Waals surface area contributed by atoms with Crippen molar-refractivity contribution in [3.05, 3.63) is 53.0 Å². The van der Waals surface area contributed by atoms with Gasteiger partial charge in [-0.1, -0.05) is 12.2 Å². The van der Waals surface area contributed by atoms with Gasteiger partial charge in [-0.15, -0.1) is 0 Å². The Kier molecular flexibility index (Phi) is 3.73. The predicted octanol–water partition coefficient (Wildman–Crippen LogP) is 2.53. The minimum atomic E-state index is -0.260. The van der Waals surface area contributed by atoms with Crippen molar-refractivity contribution in [3.8, 4) is 11.5 Å². The summed E-state index contributed by atoms with van der Waals surface area (Å²) in [6.07, 6.45) is 8.17. The molecule has 1 aromatic carbocycles.